The van der Waals surface area contributed by atoms with Gasteiger partial charge in [-0.2, -0.15) is 22.7 Å². The average molecular weight is 507 g/mol. The smallest absolute Gasteiger partial charge is 0.478 e. The van der Waals surface area contributed by atoms with Crippen LogP contribution in [-0.4, -0.2) is 34.0 Å². The lowest BCUT2D eigenvalue weighted by Crippen LogP contribution is -2.27. The molecule has 2 aromatic carbocycles. The molecular formula is C22H17BCl2O5S2. The predicted molar refractivity (Wildman–Crippen MR) is 132 cm³/mol. The monoisotopic (exact) mass is 506 g/mol. The van der Waals surface area contributed by atoms with Crippen molar-refractivity contribution in [1.82, 2.24) is 0 Å². The van der Waals surface area contributed by atoms with Gasteiger partial charge in [0.25, 0.3) is 0 Å². The number of ketones is 1. The van der Waals surface area contributed by atoms with E-state index in [1.54, 1.807) is 53.2 Å². The maximum Gasteiger partial charge on any atom is 0.489 e. The third-order valence-electron chi connectivity index (χ3n) is 3.82. The van der Waals surface area contributed by atoms with Gasteiger partial charge in [-0.05, 0) is 76.2 Å². The Morgan fingerprint density at radius 1 is 0.688 bits per heavy atom. The minimum absolute atomic E-state index is 0.0444. The minimum atomic E-state index is -1.30. The van der Waals surface area contributed by atoms with Crippen molar-refractivity contribution in [3.05, 3.63) is 109 Å². The fourth-order valence-corrected chi connectivity index (χ4v) is 3.74. The van der Waals surface area contributed by atoms with Crippen molar-refractivity contribution in [2.24, 2.45) is 0 Å². The summed E-state index contributed by atoms with van der Waals surface area (Å²) in [7, 11) is -1.30. The first-order chi connectivity index (χ1) is 15.3. The molecule has 0 saturated carbocycles. The Labute approximate surface area is 203 Å². The molecule has 10 heteroatoms. The molecule has 0 atom stereocenters. The molecule has 0 aliphatic carbocycles. The number of hydrogen-bond donors (Lipinski definition) is 3. The summed E-state index contributed by atoms with van der Waals surface area (Å²) in [6.07, 6.45) is 0. The molecule has 0 unspecified atom stereocenters. The highest BCUT2D eigenvalue weighted by Gasteiger charge is 2.09. The minimum Gasteiger partial charge on any atom is -0.478 e. The van der Waals surface area contributed by atoms with E-state index in [0.29, 0.717) is 21.1 Å². The quantitative estimate of drug-likeness (QED) is 0.264. The van der Waals surface area contributed by atoms with Crippen molar-refractivity contribution < 1.29 is 24.7 Å². The van der Waals surface area contributed by atoms with Crippen LogP contribution in [0.3, 0.4) is 0 Å². The van der Waals surface area contributed by atoms with Crippen LogP contribution < -0.4 is 5.46 Å². The summed E-state index contributed by atoms with van der Waals surface area (Å²) in [6.45, 7) is 0. The van der Waals surface area contributed by atoms with Gasteiger partial charge >= 0.3 is 13.1 Å². The first-order valence-electron chi connectivity index (χ1n) is 8.97. The second-order valence-electron chi connectivity index (χ2n) is 6.09. The molecular weight excluding hydrogens is 490 g/mol. The number of carboxylic acid groups (broad SMARTS) is 1. The van der Waals surface area contributed by atoms with Gasteiger partial charge in [0, 0.05) is 26.6 Å². The molecule has 0 radical (unpaired) electrons. The van der Waals surface area contributed by atoms with Crippen LogP contribution in [0.1, 0.15) is 26.3 Å². The van der Waals surface area contributed by atoms with Crippen molar-refractivity contribution in [1.29, 1.82) is 0 Å². The predicted octanol–water partition coefficient (Wildman–Crippen LogP) is 5.10. The Kier molecular flexibility index (Phi) is 10.6. The normalized spacial score (nSPS) is 9.62. The Hall–Kier alpha value is -2.46. The second kappa shape index (κ2) is 13.2. The molecule has 3 N–H and O–H groups in total. The number of benzene rings is 2. The van der Waals surface area contributed by atoms with Gasteiger partial charge < -0.3 is 15.2 Å². The van der Waals surface area contributed by atoms with E-state index < -0.39 is 13.1 Å². The van der Waals surface area contributed by atoms with Crippen LogP contribution in [0.15, 0.2) is 82.2 Å². The third-order valence-corrected chi connectivity index (χ3v) is 5.71. The first kappa shape index (κ1) is 25.8. The second-order valence-corrected chi connectivity index (χ2v) is 8.52. The van der Waals surface area contributed by atoms with Crippen LogP contribution in [-0.2, 0) is 0 Å². The van der Waals surface area contributed by atoms with Gasteiger partial charge in [0.15, 0.2) is 5.78 Å². The third kappa shape index (κ3) is 8.59. The van der Waals surface area contributed by atoms with E-state index >= 15 is 0 Å². The molecule has 0 amide bonds. The van der Waals surface area contributed by atoms with E-state index in [1.165, 1.54) is 34.8 Å². The number of hydrogen-bond acceptors (Lipinski definition) is 6. The van der Waals surface area contributed by atoms with E-state index in [9.17, 15) is 9.59 Å². The molecule has 2 heterocycles. The van der Waals surface area contributed by atoms with Crippen molar-refractivity contribution >= 4 is 70.2 Å². The molecule has 5 nitrogen and oxygen atoms in total. The van der Waals surface area contributed by atoms with Gasteiger partial charge in [-0.1, -0.05) is 29.3 Å². The first-order valence-corrected chi connectivity index (χ1v) is 11.6. The molecule has 0 spiro atoms. The highest BCUT2D eigenvalue weighted by atomic mass is 35.5. The van der Waals surface area contributed by atoms with Crippen molar-refractivity contribution in [2.45, 2.75) is 0 Å². The highest BCUT2D eigenvalue weighted by Crippen LogP contribution is 2.15. The van der Waals surface area contributed by atoms with Crippen molar-refractivity contribution in [3.63, 3.8) is 0 Å². The number of thiophene rings is 2. The average Bonchev–Trinajstić information content (AvgIpc) is 3.49. The summed E-state index contributed by atoms with van der Waals surface area (Å²) in [6, 6.07) is 16.4. The number of rotatable bonds is 4. The number of aromatic carboxylic acids is 1. The fourth-order valence-electron chi connectivity index (χ4n) is 2.18. The zero-order valence-corrected chi connectivity index (χ0v) is 19.5. The van der Waals surface area contributed by atoms with Gasteiger partial charge in [-0.15, -0.1) is 0 Å². The van der Waals surface area contributed by atoms with Gasteiger partial charge in [-0.25, -0.2) is 4.79 Å². The Bertz CT molecular complexity index is 1100. The fraction of sp³-hybridized carbons (Fsp3) is 0. The number of carboxylic acids is 1. The summed E-state index contributed by atoms with van der Waals surface area (Å²) >= 11 is 14.2. The van der Waals surface area contributed by atoms with Gasteiger partial charge in [0.05, 0.1) is 5.56 Å². The molecule has 0 aliphatic heterocycles. The molecule has 4 aromatic rings. The molecule has 32 heavy (non-hydrogen) atoms. The molecule has 2 aromatic heterocycles. The van der Waals surface area contributed by atoms with Crippen LogP contribution in [0.25, 0.3) is 0 Å². The van der Waals surface area contributed by atoms with Crippen LogP contribution in [0, 0.1) is 0 Å². The number of halogens is 2. The summed E-state index contributed by atoms with van der Waals surface area (Å²) in [5.41, 5.74) is 2.23. The van der Waals surface area contributed by atoms with Crippen LogP contribution in [0.4, 0.5) is 0 Å². The SMILES string of the molecule is O=C(O)c1ccc(Cl)cc1.O=C(c1ccc(Cl)cc1)c1ccsc1.OB(O)c1ccsc1. The van der Waals surface area contributed by atoms with Crippen molar-refractivity contribution in [3.8, 4) is 0 Å². The number of carbonyl (C=O) groups excluding carboxylic acids is 1. The van der Waals surface area contributed by atoms with Gasteiger partial charge in [0.2, 0.25) is 0 Å². The topological polar surface area (TPSA) is 94.8 Å². The lowest BCUT2D eigenvalue weighted by molar-refractivity contribution is 0.0696. The van der Waals surface area contributed by atoms with E-state index in [4.69, 9.17) is 38.4 Å². The van der Waals surface area contributed by atoms with Gasteiger partial charge in [0.1, 0.15) is 0 Å². The summed E-state index contributed by atoms with van der Waals surface area (Å²) in [5.74, 6) is -0.889. The molecule has 4 rings (SSSR count). The van der Waals surface area contributed by atoms with Crippen molar-refractivity contribution in [2.75, 3.05) is 0 Å². The lowest BCUT2D eigenvalue weighted by Gasteiger charge is -1.97. The van der Waals surface area contributed by atoms with Crippen LogP contribution >= 0.6 is 45.9 Å². The zero-order valence-electron chi connectivity index (χ0n) is 16.4. The van der Waals surface area contributed by atoms with E-state index in [0.717, 1.165) is 5.56 Å². The zero-order chi connectivity index (χ0) is 23.5. The van der Waals surface area contributed by atoms with Crippen LogP contribution in [0.2, 0.25) is 10.0 Å². The molecule has 0 saturated heterocycles. The molecule has 0 aliphatic rings. The standard InChI is InChI=1S/C11H7ClOS.C7H5ClO2.C4H5BO2S/c12-10-3-1-8(2-4-10)11(13)9-5-6-14-7-9;8-6-3-1-5(2-4-6)7(9)10;6-5(7)4-1-2-8-3-4/h1-7H;1-4H,(H,9,10);1-3,6-7H. The maximum absolute atomic E-state index is 11.8. The molecule has 0 bridgehead atoms. The highest BCUT2D eigenvalue weighted by molar-refractivity contribution is 7.09. The van der Waals surface area contributed by atoms with E-state index in [2.05, 4.69) is 0 Å². The number of carbonyl (C=O) groups is 2. The van der Waals surface area contributed by atoms with Crippen LogP contribution in [0.5, 0.6) is 0 Å². The largest absolute Gasteiger partial charge is 0.489 e. The summed E-state index contributed by atoms with van der Waals surface area (Å²) in [4.78, 5) is 22.1. The van der Waals surface area contributed by atoms with E-state index in [-0.39, 0.29) is 11.3 Å². The molecule has 0 fully saturated rings. The lowest BCUT2D eigenvalue weighted by atomic mass is 9.83. The molecule has 164 valence electrons. The van der Waals surface area contributed by atoms with E-state index in [1.807, 2.05) is 16.8 Å². The maximum atomic E-state index is 11.8. The summed E-state index contributed by atoms with van der Waals surface area (Å²) < 4.78 is 0. The Morgan fingerprint density at radius 2 is 1.19 bits per heavy atom. The summed E-state index contributed by atoms with van der Waals surface area (Å²) in [5, 5.41) is 33.8. The Morgan fingerprint density at radius 3 is 1.56 bits per heavy atom. The van der Waals surface area contributed by atoms with Gasteiger partial charge in [-0.3, -0.25) is 4.79 Å². The Balaban J connectivity index is 0.000000178.